The van der Waals surface area contributed by atoms with Gasteiger partial charge in [0.15, 0.2) is 0 Å². The molecule has 0 aliphatic heterocycles. The molecule has 0 aliphatic rings. The molecular formula is C14H26O4S. The van der Waals surface area contributed by atoms with Crippen LogP contribution in [0, 0.1) is 11.8 Å². The highest BCUT2D eigenvalue weighted by Crippen LogP contribution is 2.08. The summed E-state index contributed by atoms with van der Waals surface area (Å²) in [5.41, 5.74) is 0. The van der Waals surface area contributed by atoms with Crippen molar-refractivity contribution in [3.05, 3.63) is 0 Å². The number of hydrogen-bond donors (Lipinski definition) is 1. The number of thiol groups is 1. The molecule has 0 heterocycles. The van der Waals surface area contributed by atoms with Gasteiger partial charge < -0.3 is 9.47 Å². The van der Waals surface area contributed by atoms with Gasteiger partial charge in [-0.05, 0) is 24.7 Å². The van der Waals surface area contributed by atoms with Crippen LogP contribution in [0.15, 0.2) is 0 Å². The summed E-state index contributed by atoms with van der Waals surface area (Å²) in [5, 5.41) is -0.737. The van der Waals surface area contributed by atoms with Gasteiger partial charge in [0.05, 0.1) is 19.6 Å². The maximum atomic E-state index is 11.5. The lowest BCUT2D eigenvalue weighted by Crippen LogP contribution is -2.23. The van der Waals surface area contributed by atoms with Crippen molar-refractivity contribution in [3.63, 3.8) is 0 Å². The molecule has 0 N–H and O–H groups in total. The largest absolute Gasteiger partial charge is 0.466 e. The van der Waals surface area contributed by atoms with E-state index < -0.39 is 17.2 Å². The van der Waals surface area contributed by atoms with Crippen molar-refractivity contribution in [2.24, 2.45) is 11.8 Å². The Hall–Kier alpha value is -0.710. The van der Waals surface area contributed by atoms with E-state index in [-0.39, 0.29) is 6.42 Å². The smallest absolute Gasteiger partial charge is 0.319 e. The topological polar surface area (TPSA) is 52.6 Å². The molecule has 0 saturated heterocycles. The van der Waals surface area contributed by atoms with Crippen LogP contribution in [0.3, 0.4) is 0 Å². The molecule has 0 fully saturated rings. The van der Waals surface area contributed by atoms with E-state index in [0.29, 0.717) is 25.0 Å². The van der Waals surface area contributed by atoms with Crippen LogP contribution in [-0.2, 0) is 19.1 Å². The second-order valence-corrected chi connectivity index (χ2v) is 6.10. The van der Waals surface area contributed by atoms with Gasteiger partial charge in [0.1, 0.15) is 5.25 Å². The van der Waals surface area contributed by atoms with Crippen LogP contribution in [0.2, 0.25) is 0 Å². The molecule has 0 bridgehead atoms. The Morgan fingerprint density at radius 3 is 1.89 bits per heavy atom. The van der Waals surface area contributed by atoms with E-state index in [1.165, 1.54) is 0 Å². The summed E-state index contributed by atoms with van der Waals surface area (Å²) in [4.78, 5) is 23.0. The molecular weight excluding hydrogens is 264 g/mol. The standard InChI is InChI=1S/C14H26O4S/c1-10(2)5-7-17-13(15)9-12(19)14(16)18-8-6-11(3)4/h10-12,19H,5-9H2,1-4H3. The second-order valence-electron chi connectivity index (χ2n) is 5.47. The maximum Gasteiger partial charge on any atom is 0.319 e. The number of ether oxygens (including phenoxy) is 2. The molecule has 0 saturated carbocycles. The third-order valence-electron chi connectivity index (χ3n) is 2.53. The van der Waals surface area contributed by atoms with Crippen molar-refractivity contribution in [3.8, 4) is 0 Å². The van der Waals surface area contributed by atoms with Gasteiger partial charge in [0.2, 0.25) is 0 Å². The molecule has 1 atom stereocenters. The van der Waals surface area contributed by atoms with Gasteiger partial charge in [-0.3, -0.25) is 9.59 Å². The average molecular weight is 290 g/mol. The Morgan fingerprint density at radius 1 is 0.947 bits per heavy atom. The van der Waals surface area contributed by atoms with Gasteiger partial charge in [-0.2, -0.15) is 12.6 Å². The predicted octanol–water partition coefficient (Wildman–Crippen LogP) is 2.85. The molecule has 0 radical (unpaired) electrons. The first-order chi connectivity index (χ1) is 8.82. The predicted molar refractivity (Wildman–Crippen MR) is 78.2 cm³/mol. The molecule has 0 aromatic heterocycles. The number of rotatable bonds is 9. The molecule has 19 heavy (non-hydrogen) atoms. The van der Waals surface area contributed by atoms with E-state index in [1.807, 2.05) is 0 Å². The first-order valence-corrected chi connectivity index (χ1v) is 7.34. The average Bonchev–Trinajstić information content (AvgIpc) is 2.27. The van der Waals surface area contributed by atoms with Gasteiger partial charge in [-0.25, -0.2) is 0 Å². The summed E-state index contributed by atoms with van der Waals surface area (Å²) in [6, 6.07) is 0. The second kappa shape index (κ2) is 10.1. The Balaban J connectivity index is 3.78. The van der Waals surface area contributed by atoms with Crippen molar-refractivity contribution in [2.75, 3.05) is 13.2 Å². The van der Waals surface area contributed by atoms with Crippen LogP contribution in [0.25, 0.3) is 0 Å². The number of esters is 2. The SMILES string of the molecule is CC(C)CCOC(=O)CC(S)C(=O)OCCC(C)C. The van der Waals surface area contributed by atoms with Crippen LogP contribution >= 0.6 is 12.6 Å². The first kappa shape index (κ1) is 18.3. The molecule has 0 aromatic rings. The quantitative estimate of drug-likeness (QED) is 0.524. The lowest BCUT2D eigenvalue weighted by Gasteiger charge is -2.12. The van der Waals surface area contributed by atoms with E-state index in [2.05, 4.69) is 40.3 Å². The van der Waals surface area contributed by atoms with Crippen molar-refractivity contribution < 1.29 is 19.1 Å². The molecule has 5 heteroatoms. The van der Waals surface area contributed by atoms with Gasteiger partial charge in [0.25, 0.3) is 0 Å². The van der Waals surface area contributed by atoms with Gasteiger partial charge in [0, 0.05) is 0 Å². The van der Waals surface area contributed by atoms with Crippen molar-refractivity contribution in [2.45, 2.75) is 52.2 Å². The third kappa shape index (κ3) is 10.9. The lowest BCUT2D eigenvalue weighted by molar-refractivity contribution is -0.150. The fourth-order valence-corrected chi connectivity index (χ4v) is 1.42. The fourth-order valence-electron chi connectivity index (χ4n) is 1.20. The van der Waals surface area contributed by atoms with Crippen molar-refractivity contribution in [1.82, 2.24) is 0 Å². The van der Waals surface area contributed by atoms with Crippen LogP contribution < -0.4 is 0 Å². The molecule has 0 rings (SSSR count). The zero-order chi connectivity index (χ0) is 14.8. The zero-order valence-electron chi connectivity index (χ0n) is 12.3. The molecule has 0 amide bonds. The highest BCUT2D eigenvalue weighted by molar-refractivity contribution is 7.81. The minimum absolute atomic E-state index is 0.0400. The Bertz CT molecular complexity index is 277. The molecule has 112 valence electrons. The van der Waals surface area contributed by atoms with Crippen molar-refractivity contribution >= 4 is 24.6 Å². The number of carbonyl (C=O) groups is 2. The lowest BCUT2D eigenvalue weighted by atomic mass is 10.1. The highest BCUT2D eigenvalue weighted by Gasteiger charge is 2.20. The Morgan fingerprint density at radius 2 is 1.42 bits per heavy atom. The van der Waals surface area contributed by atoms with E-state index in [1.54, 1.807) is 0 Å². The summed E-state index contributed by atoms with van der Waals surface area (Å²) < 4.78 is 10.1. The minimum Gasteiger partial charge on any atom is -0.466 e. The van der Waals surface area contributed by atoms with Crippen LogP contribution in [0.5, 0.6) is 0 Å². The highest BCUT2D eigenvalue weighted by atomic mass is 32.1. The van der Waals surface area contributed by atoms with Crippen molar-refractivity contribution in [1.29, 1.82) is 0 Å². The van der Waals surface area contributed by atoms with E-state index in [0.717, 1.165) is 12.8 Å². The van der Waals surface area contributed by atoms with Gasteiger partial charge >= 0.3 is 11.9 Å². The molecule has 1 unspecified atom stereocenters. The monoisotopic (exact) mass is 290 g/mol. The Kier molecular flexibility index (Phi) is 9.74. The summed E-state index contributed by atoms with van der Waals surface area (Å²) in [6.45, 7) is 8.98. The van der Waals surface area contributed by atoms with Crippen LogP contribution in [0.1, 0.15) is 47.0 Å². The minimum atomic E-state index is -0.737. The summed E-state index contributed by atoms with van der Waals surface area (Å²) in [7, 11) is 0. The van der Waals surface area contributed by atoms with Crippen LogP contribution in [-0.4, -0.2) is 30.4 Å². The molecule has 0 aliphatic carbocycles. The first-order valence-electron chi connectivity index (χ1n) is 6.83. The molecule has 0 spiro atoms. The Labute approximate surface area is 121 Å². The van der Waals surface area contributed by atoms with E-state index >= 15 is 0 Å². The summed E-state index contributed by atoms with van der Waals surface area (Å²) in [5.74, 6) is 0.110. The summed E-state index contributed by atoms with van der Waals surface area (Å²) >= 11 is 4.08. The number of carbonyl (C=O) groups excluding carboxylic acids is 2. The molecule has 4 nitrogen and oxygen atoms in total. The summed E-state index contributed by atoms with van der Waals surface area (Å²) in [6.07, 6.45) is 1.59. The fraction of sp³-hybridized carbons (Fsp3) is 0.857. The number of hydrogen-bond acceptors (Lipinski definition) is 5. The molecule has 0 aromatic carbocycles. The van der Waals surface area contributed by atoms with E-state index in [9.17, 15) is 9.59 Å². The normalized spacial score (nSPS) is 12.6. The van der Waals surface area contributed by atoms with Gasteiger partial charge in [-0.15, -0.1) is 0 Å². The van der Waals surface area contributed by atoms with Crippen LogP contribution in [0.4, 0.5) is 0 Å². The van der Waals surface area contributed by atoms with E-state index in [4.69, 9.17) is 9.47 Å². The maximum absolute atomic E-state index is 11.5. The van der Waals surface area contributed by atoms with Gasteiger partial charge in [-0.1, -0.05) is 27.7 Å². The zero-order valence-corrected chi connectivity index (χ0v) is 13.2. The third-order valence-corrected chi connectivity index (χ3v) is 2.92.